The van der Waals surface area contributed by atoms with E-state index in [0.29, 0.717) is 7.92 Å². The van der Waals surface area contributed by atoms with Crippen LogP contribution < -0.4 is 34.7 Å². The number of hydrogen-bond donors (Lipinski definition) is 0. The van der Waals surface area contributed by atoms with Crippen LogP contribution in [0.15, 0.2) is 0 Å². The maximum absolute atomic E-state index is 8.89. The van der Waals surface area contributed by atoms with Crippen molar-refractivity contribution in [3.63, 3.8) is 0 Å². The van der Waals surface area contributed by atoms with Crippen LogP contribution >= 0.6 is 7.92 Å². The van der Waals surface area contributed by atoms with Gasteiger partial charge in [0.1, 0.15) is 0 Å². The van der Waals surface area contributed by atoms with Gasteiger partial charge in [0.25, 0.3) is 0 Å². The Bertz CT molecular complexity index is 87.9. The van der Waals surface area contributed by atoms with Gasteiger partial charge in [-0.25, -0.2) is 0 Å². The molecule has 0 heterocycles. The van der Waals surface area contributed by atoms with Crippen molar-refractivity contribution in [1.82, 2.24) is 0 Å². The molecule has 3 nitrogen and oxygen atoms in total. The van der Waals surface area contributed by atoms with E-state index in [1.54, 1.807) is 0 Å². The summed E-state index contributed by atoms with van der Waals surface area (Å²) in [7, 11) is 0.446. The third kappa shape index (κ3) is 32.2. The van der Waals surface area contributed by atoms with Crippen molar-refractivity contribution in [2.45, 2.75) is 27.7 Å². The molecule has 0 atom stereocenters. The summed E-state index contributed by atoms with van der Waals surface area (Å²) >= 11 is 0. The van der Waals surface area contributed by atoms with Gasteiger partial charge < -0.3 is 15.4 Å². The summed E-state index contributed by atoms with van der Waals surface area (Å²) in [6.07, 6.45) is 4.26. The first-order chi connectivity index (χ1) is 5.08. The minimum absolute atomic E-state index is 0. The number of carboxylic acid groups (broad SMARTS) is 1. The van der Waals surface area contributed by atoms with E-state index < -0.39 is 5.97 Å². The van der Waals surface area contributed by atoms with Crippen LogP contribution in [0.25, 0.3) is 0 Å². The van der Waals surface area contributed by atoms with Crippen LogP contribution in [0.2, 0.25) is 0 Å². The Morgan fingerprint density at radius 3 is 1.31 bits per heavy atom. The fraction of sp³-hybridized carbons (Fsp3) is 0.875. The van der Waals surface area contributed by atoms with Crippen LogP contribution in [0.1, 0.15) is 27.7 Å². The quantitative estimate of drug-likeness (QED) is 0.387. The monoisotopic (exact) mass is 218 g/mol. The Morgan fingerprint density at radius 2 is 1.31 bits per heavy atom. The molecule has 0 saturated heterocycles. The minimum Gasteiger partial charge on any atom is -0.550 e. The molecule has 0 aliphatic heterocycles. The maximum Gasteiger partial charge on any atom is 1.00 e. The average Bonchev–Trinajstić information content (AvgIpc) is 1.90. The molecule has 0 radical (unpaired) electrons. The molecule has 0 aliphatic carbocycles. The first kappa shape index (κ1) is 23.6. The van der Waals surface area contributed by atoms with Crippen LogP contribution in [-0.2, 0) is 4.79 Å². The molecule has 0 aliphatic rings. The van der Waals surface area contributed by atoms with Gasteiger partial charge in [0.05, 0.1) is 0 Å². The van der Waals surface area contributed by atoms with Crippen LogP contribution in [0.5, 0.6) is 0 Å². The molecule has 0 saturated carbocycles. The number of hydrogen-bond acceptors (Lipinski definition) is 2. The molecule has 2 N–H and O–H groups in total. The summed E-state index contributed by atoms with van der Waals surface area (Å²) in [6.45, 7) is 7.84. The van der Waals surface area contributed by atoms with Crippen molar-refractivity contribution in [2.24, 2.45) is 0 Å². The van der Waals surface area contributed by atoms with Crippen molar-refractivity contribution < 1.29 is 44.9 Å². The van der Waals surface area contributed by atoms with E-state index in [0.717, 1.165) is 6.92 Å². The smallest absolute Gasteiger partial charge is 0.550 e. The zero-order chi connectivity index (χ0) is 9.28. The van der Waals surface area contributed by atoms with Gasteiger partial charge in [-0.05, 0) is 25.4 Å². The Hall–Kier alpha value is 0.860. The SMILES string of the molecule is CC(=O)[O-].CCP(CC)CC.O.[Na+]. The van der Waals surface area contributed by atoms with Crippen molar-refractivity contribution in [2.75, 3.05) is 18.5 Å². The number of carboxylic acids is 1. The van der Waals surface area contributed by atoms with Crippen molar-refractivity contribution >= 4 is 13.9 Å². The molecule has 0 amide bonds. The fourth-order valence-electron chi connectivity index (χ4n) is 0.671. The van der Waals surface area contributed by atoms with Crippen LogP contribution in [-0.4, -0.2) is 29.9 Å². The van der Waals surface area contributed by atoms with E-state index in [2.05, 4.69) is 20.8 Å². The van der Waals surface area contributed by atoms with Gasteiger partial charge >= 0.3 is 29.6 Å². The molecule has 13 heavy (non-hydrogen) atoms. The van der Waals surface area contributed by atoms with E-state index in [1.165, 1.54) is 18.5 Å². The maximum atomic E-state index is 8.89. The van der Waals surface area contributed by atoms with Gasteiger partial charge in [-0.15, -0.1) is 7.92 Å². The van der Waals surface area contributed by atoms with E-state index in [4.69, 9.17) is 9.90 Å². The van der Waals surface area contributed by atoms with Crippen LogP contribution in [0.3, 0.4) is 0 Å². The average molecular weight is 218 g/mol. The second-order valence-electron chi connectivity index (χ2n) is 2.11. The largest absolute Gasteiger partial charge is 1.00 e. The first-order valence-electron chi connectivity index (χ1n) is 3.98. The molecule has 0 unspecified atom stereocenters. The Morgan fingerprint density at radius 1 is 1.15 bits per heavy atom. The van der Waals surface area contributed by atoms with Crippen LogP contribution in [0.4, 0.5) is 0 Å². The minimum atomic E-state index is -1.08. The van der Waals surface area contributed by atoms with Gasteiger partial charge in [-0.3, -0.25) is 0 Å². The predicted molar refractivity (Wildman–Crippen MR) is 52.8 cm³/mol. The molecule has 0 aromatic carbocycles. The predicted octanol–water partition coefficient (Wildman–Crippen LogP) is -2.54. The van der Waals surface area contributed by atoms with Gasteiger partial charge in [0.2, 0.25) is 0 Å². The van der Waals surface area contributed by atoms with Crippen molar-refractivity contribution in [1.29, 1.82) is 0 Å². The number of carbonyl (C=O) groups is 1. The molecule has 0 rings (SSSR count). The molecule has 0 spiro atoms. The number of carbonyl (C=O) groups excluding carboxylic acids is 1. The van der Waals surface area contributed by atoms with E-state index in [1.807, 2.05) is 0 Å². The standard InChI is InChI=1S/C6H15P.C2H4O2.Na.H2O/c1-4-7(5-2)6-3;1-2(3)4;;/h4-6H2,1-3H3;1H3,(H,3,4);;1H2/q;;+1;/p-1. The van der Waals surface area contributed by atoms with E-state index in [-0.39, 0.29) is 35.0 Å². The Balaban J connectivity index is -0.0000000600. The molecule has 76 valence electrons. The Kier molecular flexibility index (Phi) is 33.7. The molecular formula is C8H20NaO3P. The summed E-state index contributed by atoms with van der Waals surface area (Å²) in [5, 5.41) is 8.89. The van der Waals surface area contributed by atoms with Gasteiger partial charge in [-0.1, -0.05) is 20.8 Å². The van der Waals surface area contributed by atoms with E-state index >= 15 is 0 Å². The Labute approximate surface area is 105 Å². The second kappa shape index (κ2) is 18.6. The summed E-state index contributed by atoms with van der Waals surface area (Å²) < 4.78 is 0. The molecule has 0 aromatic heterocycles. The van der Waals surface area contributed by atoms with Gasteiger partial charge in [-0.2, -0.15) is 0 Å². The first-order valence-corrected chi connectivity index (χ1v) is 5.88. The summed E-state index contributed by atoms with van der Waals surface area (Å²) in [5.41, 5.74) is 0. The summed E-state index contributed by atoms with van der Waals surface area (Å²) in [6, 6.07) is 0. The van der Waals surface area contributed by atoms with E-state index in [9.17, 15) is 0 Å². The number of rotatable bonds is 3. The third-order valence-corrected chi connectivity index (χ3v) is 4.02. The molecule has 0 bridgehead atoms. The molecular weight excluding hydrogens is 198 g/mol. The van der Waals surface area contributed by atoms with Crippen LogP contribution in [0, 0.1) is 0 Å². The second-order valence-corrected chi connectivity index (χ2v) is 5.35. The topological polar surface area (TPSA) is 71.6 Å². The van der Waals surface area contributed by atoms with Crippen molar-refractivity contribution in [3.8, 4) is 0 Å². The third-order valence-electron chi connectivity index (χ3n) is 1.34. The van der Waals surface area contributed by atoms with Gasteiger partial charge in [0, 0.05) is 5.97 Å². The van der Waals surface area contributed by atoms with Crippen molar-refractivity contribution in [3.05, 3.63) is 0 Å². The van der Waals surface area contributed by atoms with Gasteiger partial charge in [0.15, 0.2) is 0 Å². The molecule has 0 aromatic rings. The summed E-state index contributed by atoms with van der Waals surface area (Å²) in [5.74, 6) is -1.08. The zero-order valence-corrected chi connectivity index (χ0v) is 12.3. The summed E-state index contributed by atoms with van der Waals surface area (Å²) in [4.78, 5) is 8.89. The number of aliphatic carboxylic acids is 1. The molecule has 0 fully saturated rings. The zero-order valence-electron chi connectivity index (χ0n) is 9.39. The normalized spacial score (nSPS) is 7.46. The fourth-order valence-corrected chi connectivity index (χ4v) is 2.01. The molecule has 5 heteroatoms.